The molecule has 170 valence electrons. The molecule has 0 saturated heterocycles. The SMILES string of the molecule is C=CCn1c(COc2cccc(C)c2)nnc1SCC(=O)Nc1sc2c(c1C#N)CCCC2. The summed E-state index contributed by atoms with van der Waals surface area (Å²) in [4.78, 5) is 13.9. The molecule has 0 spiro atoms. The molecule has 9 heteroatoms. The van der Waals surface area contributed by atoms with Crippen molar-refractivity contribution in [1.29, 1.82) is 5.26 Å². The molecule has 3 aromatic rings. The van der Waals surface area contributed by atoms with Gasteiger partial charge in [-0.15, -0.1) is 28.1 Å². The number of rotatable bonds is 9. The van der Waals surface area contributed by atoms with Crippen molar-refractivity contribution in [2.24, 2.45) is 0 Å². The highest BCUT2D eigenvalue weighted by Gasteiger charge is 2.22. The number of hydrogen-bond donors (Lipinski definition) is 1. The van der Waals surface area contributed by atoms with Crippen LogP contribution >= 0.6 is 23.1 Å². The van der Waals surface area contributed by atoms with Crippen LogP contribution in [0.25, 0.3) is 0 Å². The summed E-state index contributed by atoms with van der Waals surface area (Å²) in [6.45, 7) is 6.61. The molecule has 1 aromatic carbocycles. The van der Waals surface area contributed by atoms with Crippen molar-refractivity contribution in [3.63, 3.8) is 0 Å². The number of amides is 1. The minimum atomic E-state index is -0.166. The average Bonchev–Trinajstić information content (AvgIpc) is 3.36. The number of ether oxygens (including phenoxy) is 1. The number of aromatic nitrogens is 3. The van der Waals surface area contributed by atoms with Gasteiger partial charge in [-0.1, -0.05) is 30.0 Å². The maximum absolute atomic E-state index is 12.6. The number of thiophene rings is 1. The Hall–Kier alpha value is -3.09. The molecule has 1 N–H and O–H groups in total. The van der Waals surface area contributed by atoms with Crippen LogP contribution in [0.5, 0.6) is 5.75 Å². The molecule has 1 aliphatic rings. The number of hydrogen-bond acceptors (Lipinski definition) is 7. The molecule has 7 nitrogen and oxygen atoms in total. The second kappa shape index (κ2) is 10.7. The topological polar surface area (TPSA) is 92.8 Å². The normalized spacial score (nSPS) is 12.6. The van der Waals surface area contributed by atoms with Crippen molar-refractivity contribution in [3.8, 4) is 11.8 Å². The number of nitrogens with zero attached hydrogens (tertiary/aromatic N) is 4. The Balaban J connectivity index is 1.40. The first-order valence-corrected chi connectivity index (χ1v) is 12.6. The van der Waals surface area contributed by atoms with Gasteiger partial charge in [0.2, 0.25) is 5.91 Å². The van der Waals surface area contributed by atoms with E-state index in [0.717, 1.165) is 42.6 Å². The number of nitrogens with one attached hydrogen (secondary N) is 1. The maximum Gasteiger partial charge on any atom is 0.235 e. The molecular weight excluding hydrogens is 454 g/mol. The van der Waals surface area contributed by atoms with Crippen LogP contribution in [0.3, 0.4) is 0 Å². The van der Waals surface area contributed by atoms with E-state index in [0.29, 0.717) is 28.1 Å². The molecule has 0 unspecified atom stereocenters. The molecule has 1 amide bonds. The molecular formula is C24H25N5O2S2. The third kappa shape index (κ3) is 5.46. The number of fused-ring (bicyclic) bond motifs is 1. The molecule has 0 atom stereocenters. The molecule has 1 aliphatic carbocycles. The molecule has 2 heterocycles. The summed E-state index contributed by atoms with van der Waals surface area (Å²) in [6.07, 6.45) is 5.89. The van der Waals surface area contributed by atoms with Crippen molar-refractivity contribution < 1.29 is 9.53 Å². The third-order valence-electron chi connectivity index (χ3n) is 5.33. The highest BCUT2D eigenvalue weighted by molar-refractivity contribution is 7.99. The lowest BCUT2D eigenvalue weighted by Gasteiger charge is -2.10. The van der Waals surface area contributed by atoms with E-state index in [-0.39, 0.29) is 18.3 Å². The lowest BCUT2D eigenvalue weighted by Crippen LogP contribution is -2.15. The van der Waals surface area contributed by atoms with Crippen LogP contribution in [-0.2, 0) is 30.8 Å². The number of carbonyl (C=O) groups is 1. The smallest absolute Gasteiger partial charge is 0.235 e. The van der Waals surface area contributed by atoms with Crippen molar-refractivity contribution >= 4 is 34.0 Å². The minimum Gasteiger partial charge on any atom is -0.486 e. The van der Waals surface area contributed by atoms with E-state index in [2.05, 4.69) is 28.2 Å². The Morgan fingerprint density at radius 1 is 1.39 bits per heavy atom. The number of nitriles is 1. The van der Waals surface area contributed by atoms with Crippen LogP contribution in [0.2, 0.25) is 0 Å². The summed E-state index contributed by atoms with van der Waals surface area (Å²) >= 11 is 2.83. The maximum atomic E-state index is 12.6. The number of anilines is 1. The second-order valence-electron chi connectivity index (χ2n) is 7.77. The van der Waals surface area contributed by atoms with Gasteiger partial charge in [0.1, 0.15) is 23.4 Å². The summed E-state index contributed by atoms with van der Waals surface area (Å²) in [5.74, 6) is 1.43. The number of carbonyl (C=O) groups excluding carboxylic acids is 1. The standard InChI is InChI=1S/C24H25N5O2S2/c1-3-11-29-21(14-31-17-8-6-7-16(2)12-17)27-28-24(29)32-15-22(30)26-23-19(13-25)18-9-4-5-10-20(18)33-23/h3,6-8,12H,1,4-5,9-11,14-15H2,2H3,(H,26,30). The highest BCUT2D eigenvalue weighted by atomic mass is 32.2. The van der Waals surface area contributed by atoms with Crippen molar-refractivity contribution in [3.05, 3.63) is 64.3 Å². The van der Waals surface area contributed by atoms with Crippen LogP contribution in [0.1, 0.15) is 40.2 Å². The van der Waals surface area contributed by atoms with Gasteiger partial charge in [0.25, 0.3) is 0 Å². The van der Waals surface area contributed by atoms with E-state index in [1.165, 1.54) is 28.0 Å². The molecule has 33 heavy (non-hydrogen) atoms. The zero-order valence-electron chi connectivity index (χ0n) is 18.5. The number of thioether (sulfide) groups is 1. The molecule has 0 bridgehead atoms. The van der Waals surface area contributed by atoms with Gasteiger partial charge in [-0.3, -0.25) is 9.36 Å². The van der Waals surface area contributed by atoms with Crippen LogP contribution in [0.15, 0.2) is 42.1 Å². The average molecular weight is 480 g/mol. The van der Waals surface area contributed by atoms with Gasteiger partial charge < -0.3 is 10.1 Å². The first kappa shape index (κ1) is 23.1. The fourth-order valence-electron chi connectivity index (χ4n) is 3.76. The molecule has 0 aliphatic heterocycles. The fourth-order valence-corrected chi connectivity index (χ4v) is 5.79. The minimum absolute atomic E-state index is 0.166. The van der Waals surface area contributed by atoms with Gasteiger partial charge in [0.15, 0.2) is 11.0 Å². The van der Waals surface area contributed by atoms with Crippen LogP contribution < -0.4 is 10.1 Å². The van der Waals surface area contributed by atoms with Gasteiger partial charge in [0.05, 0.1) is 11.3 Å². The van der Waals surface area contributed by atoms with Crippen LogP contribution in [-0.4, -0.2) is 26.4 Å². The quantitative estimate of drug-likeness (QED) is 0.347. The summed E-state index contributed by atoms with van der Waals surface area (Å²) < 4.78 is 7.76. The number of aryl methyl sites for hydroxylation is 2. The first-order chi connectivity index (χ1) is 16.1. The van der Waals surface area contributed by atoms with E-state index < -0.39 is 0 Å². The zero-order chi connectivity index (χ0) is 23.2. The summed E-state index contributed by atoms with van der Waals surface area (Å²) in [5.41, 5.74) is 2.85. The van der Waals surface area contributed by atoms with Crippen molar-refractivity contribution in [2.75, 3.05) is 11.1 Å². The van der Waals surface area contributed by atoms with Gasteiger partial charge in [-0.2, -0.15) is 5.26 Å². The summed E-state index contributed by atoms with van der Waals surface area (Å²) in [6, 6.07) is 10.1. The highest BCUT2D eigenvalue weighted by Crippen LogP contribution is 2.37. The Morgan fingerprint density at radius 2 is 2.24 bits per heavy atom. The summed E-state index contributed by atoms with van der Waals surface area (Å²) in [7, 11) is 0. The molecule has 0 radical (unpaired) electrons. The van der Waals surface area contributed by atoms with E-state index in [9.17, 15) is 10.1 Å². The molecule has 4 rings (SSSR count). The lowest BCUT2D eigenvalue weighted by atomic mass is 9.96. The van der Waals surface area contributed by atoms with E-state index in [1.807, 2.05) is 35.8 Å². The predicted molar refractivity (Wildman–Crippen MR) is 131 cm³/mol. The monoisotopic (exact) mass is 479 g/mol. The fraction of sp³-hybridized carbons (Fsp3) is 0.333. The third-order valence-corrected chi connectivity index (χ3v) is 7.51. The zero-order valence-corrected chi connectivity index (χ0v) is 20.1. The van der Waals surface area contributed by atoms with Gasteiger partial charge >= 0.3 is 0 Å². The molecule has 0 saturated carbocycles. The Kier molecular flexibility index (Phi) is 7.47. The van der Waals surface area contributed by atoms with E-state index in [4.69, 9.17) is 4.74 Å². The van der Waals surface area contributed by atoms with Crippen LogP contribution in [0.4, 0.5) is 5.00 Å². The van der Waals surface area contributed by atoms with Crippen molar-refractivity contribution in [2.45, 2.75) is 50.9 Å². The van der Waals surface area contributed by atoms with E-state index in [1.54, 1.807) is 6.08 Å². The van der Waals surface area contributed by atoms with E-state index >= 15 is 0 Å². The predicted octanol–water partition coefficient (Wildman–Crippen LogP) is 4.89. The first-order valence-electron chi connectivity index (χ1n) is 10.8. The van der Waals surface area contributed by atoms with Gasteiger partial charge in [-0.25, -0.2) is 0 Å². The van der Waals surface area contributed by atoms with Gasteiger partial charge in [-0.05, 0) is 55.9 Å². The largest absolute Gasteiger partial charge is 0.486 e. The Bertz CT molecular complexity index is 1210. The van der Waals surface area contributed by atoms with Crippen LogP contribution in [0, 0.1) is 18.3 Å². The number of benzene rings is 1. The Morgan fingerprint density at radius 3 is 3.03 bits per heavy atom. The Labute approximate surface area is 201 Å². The number of allylic oxidation sites excluding steroid dienone is 1. The van der Waals surface area contributed by atoms with Gasteiger partial charge in [0, 0.05) is 11.4 Å². The molecule has 2 aromatic heterocycles. The lowest BCUT2D eigenvalue weighted by molar-refractivity contribution is -0.113. The van der Waals surface area contributed by atoms with Crippen molar-refractivity contribution in [1.82, 2.24) is 14.8 Å². The summed E-state index contributed by atoms with van der Waals surface area (Å²) in [5, 5.41) is 22.3. The second-order valence-corrected chi connectivity index (χ2v) is 9.81. The molecule has 0 fully saturated rings.